The highest BCUT2D eigenvalue weighted by Gasteiger charge is 2.07. The van der Waals surface area contributed by atoms with Crippen molar-refractivity contribution in [2.24, 2.45) is 0 Å². The molecule has 0 aromatic carbocycles. The van der Waals surface area contributed by atoms with Crippen molar-refractivity contribution in [2.45, 2.75) is 13.8 Å². The van der Waals surface area contributed by atoms with Gasteiger partial charge in [0.05, 0.1) is 35.5 Å². The summed E-state index contributed by atoms with van der Waals surface area (Å²) in [5, 5.41) is 1.84. The van der Waals surface area contributed by atoms with Crippen LogP contribution in [0, 0.1) is 0 Å². The topological polar surface area (TPSA) is 44.2 Å². The van der Waals surface area contributed by atoms with Crippen LogP contribution in [0.4, 0.5) is 0 Å². The summed E-state index contributed by atoms with van der Waals surface area (Å²) in [4.78, 5) is 10.9. The van der Waals surface area contributed by atoms with Crippen molar-refractivity contribution in [2.75, 3.05) is 13.2 Å². The van der Waals surface area contributed by atoms with E-state index in [9.17, 15) is 0 Å². The zero-order valence-electron chi connectivity index (χ0n) is 11.4. The molecule has 0 aliphatic carbocycles. The fourth-order valence-corrected chi connectivity index (χ4v) is 2.99. The minimum absolute atomic E-state index is 0.671. The molecule has 0 radical (unpaired) electrons. The maximum Gasteiger partial charge on any atom is 0.152 e. The molecule has 0 bridgehead atoms. The lowest BCUT2D eigenvalue weighted by atomic mass is 10.5. The average molecular weight is 308 g/mol. The van der Waals surface area contributed by atoms with Crippen molar-refractivity contribution in [1.29, 1.82) is 0 Å². The van der Waals surface area contributed by atoms with E-state index in [1.54, 1.807) is 35.2 Å². The number of rotatable bonds is 7. The molecule has 0 unspecified atom stereocenters. The lowest BCUT2D eigenvalue weighted by molar-refractivity contribution is 0.272. The Bertz CT molecular complexity index is 535. The van der Waals surface area contributed by atoms with Crippen LogP contribution >= 0.6 is 22.7 Å². The van der Waals surface area contributed by atoms with Gasteiger partial charge in [-0.05, 0) is 26.0 Å². The maximum atomic E-state index is 5.17. The zero-order valence-corrected chi connectivity index (χ0v) is 13.0. The van der Waals surface area contributed by atoms with E-state index in [-0.39, 0.29) is 0 Å². The predicted octanol–water partition coefficient (Wildman–Crippen LogP) is 4.28. The standard InChI is InChI=1S/C14H16N2O2S2/c1-3-17-7-5-11-9-15-13(19-11)14-16-10-12(20-14)6-8-18-4-2/h5-10H,3-4H2,1-2H3. The molecule has 0 saturated heterocycles. The van der Waals surface area contributed by atoms with Crippen molar-refractivity contribution in [1.82, 2.24) is 9.97 Å². The van der Waals surface area contributed by atoms with Gasteiger partial charge in [0.2, 0.25) is 0 Å². The molecule has 106 valence electrons. The second-order valence-corrected chi connectivity index (χ2v) is 5.78. The van der Waals surface area contributed by atoms with E-state index in [2.05, 4.69) is 9.97 Å². The Kier molecular flexibility index (Phi) is 5.76. The number of hydrogen-bond donors (Lipinski definition) is 0. The Balaban J connectivity index is 2.04. The molecule has 0 aliphatic heterocycles. The first kappa shape index (κ1) is 14.7. The van der Waals surface area contributed by atoms with Gasteiger partial charge in [0, 0.05) is 12.4 Å². The normalized spacial score (nSPS) is 11.5. The van der Waals surface area contributed by atoms with Gasteiger partial charge in [-0.25, -0.2) is 9.97 Å². The Morgan fingerprint density at radius 2 is 1.35 bits per heavy atom. The van der Waals surface area contributed by atoms with Crippen molar-refractivity contribution >= 4 is 34.8 Å². The maximum absolute atomic E-state index is 5.17. The molecular weight excluding hydrogens is 292 g/mol. The minimum atomic E-state index is 0.671. The Labute approximate surface area is 126 Å². The summed E-state index contributed by atoms with van der Waals surface area (Å²) in [6.45, 7) is 5.25. The van der Waals surface area contributed by atoms with Crippen molar-refractivity contribution in [3.63, 3.8) is 0 Å². The SMILES string of the molecule is CCOC=Cc1cnc(-c2ncc(C=COCC)s2)s1. The first-order valence-corrected chi connectivity index (χ1v) is 7.95. The smallest absolute Gasteiger partial charge is 0.152 e. The van der Waals surface area contributed by atoms with Crippen LogP contribution in [0.3, 0.4) is 0 Å². The van der Waals surface area contributed by atoms with E-state index in [0.29, 0.717) is 13.2 Å². The molecule has 0 saturated carbocycles. The van der Waals surface area contributed by atoms with E-state index in [1.807, 2.05) is 38.4 Å². The van der Waals surface area contributed by atoms with E-state index in [1.165, 1.54) is 0 Å². The third-order valence-electron chi connectivity index (χ3n) is 2.22. The third kappa shape index (κ3) is 4.18. The quantitative estimate of drug-likeness (QED) is 0.716. The van der Waals surface area contributed by atoms with Gasteiger partial charge >= 0.3 is 0 Å². The van der Waals surface area contributed by atoms with E-state index >= 15 is 0 Å². The van der Waals surface area contributed by atoms with Crippen LogP contribution in [0.2, 0.25) is 0 Å². The van der Waals surface area contributed by atoms with Crippen LogP contribution in [0.5, 0.6) is 0 Å². The molecule has 6 heteroatoms. The van der Waals surface area contributed by atoms with Gasteiger partial charge in [0.1, 0.15) is 0 Å². The lowest BCUT2D eigenvalue weighted by Crippen LogP contribution is -1.74. The summed E-state index contributed by atoms with van der Waals surface area (Å²) in [5.74, 6) is 0. The molecule has 0 aliphatic rings. The largest absolute Gasteiger partial charge is 0.501 e. The van der Waals surface area contributed by atoms with Crippen molar-refractivity contribution in [3.8, 4) is 10.0 Å². The summed E-state index contributed by atoms with van der Waals surface area (Å²) in [6, 6.07) is 0. The van der Waals surface area contributed by atoms with Crippen LogP contribution < -0.4 is 0 Å². The van der Waals surface area contributed by atoms with Gasteiger partial charge in [-0.2, -0.15) is 0 Å². The van der Waals surface area contributed by atoms with Crippen molar-refractivity contribution < 1.29 is 9.47 Å². The monoisotopic (exact) mass is 308 g/mol. The molecule has 0 N–H and O–H groups in total. The molecule has 2 rings (SSSR count). The van der Waals surface area contributed by atoms with Crippen LogP contribution in [-0.4, -0.2) is 23.2 Å². The summed E-state index contributed by atoms with van der Waals surface area (Å²) in [7, 11) is 0. The Hall–Kier alpha value is -1.66. The molecule has 4 nitrogen and oxygen atoms in total. The molecule has 0 spiro atoms. The number of thiazole rings is 2. The van der Waals surface area contributed by atoms with Crippen LogP contribution in [0.15, 0.2) is 24.9 Å². The van der Waals surface area contributed by atoms with Crippen LogP contribution in [0.1, 0.15) is 23.6 Å². The highest BCUT2D eigenvalue weighted by atomic mass is 32.1. The molecular formula is C14H16N2O2S2. The first-order chi connectivity index (χ1) is 9.83. The van der Waals surface area contributed by atoms with Crippen molar-refractivity contribution in [3.05, 3.63) is 34.7 Å². The molecule has 2 heterocycles. The van der Waals surface area contributed by atoms with Crippen LogP contribution in [0.25, 0.3) is 22.2 Å². The second-order valence-electron chi connectivity index (χ2n) is 3.65. The average Bonchev–Trinajstić information content (AvgIpc) is 3.08. The zero-order chi connectivity index (χ0) is 14.2. The van der Waals surface area contributed by atoms with Crippen LogP contribution in [-0.2, 0) is 9.47 Å². The van der Waals surface area contributed by atoms with E-state index in [4.69, 9.17) is 9.47 Å². The first-order valence-electron chi connectivity index (χ1n) is 6.31. The second kappa shape index (κ2) is 7.81. The number of ether oxygens (including phenoxy) is 2. The van der Waals surface area contributed by atoms with Gasteiger partial charge in [0.25, 0.3) is 0 Å². The Morgan fingerprint density at radius 1 is 0.900 bits per heavy atom. The Morgan fingerprint density at radius 3 is 1.75 bits per heavy atom. The lowest BCUT2D eigenvalue weighted by Gasteiger charge is -1.90. The van der Waals surface area contributed by atoms with Gasteiger partial charge in [-0.1, -0.05) is 0 Å². The number of hydrogen-bond acceptors (Lipinski definition) is 6. The summed E-state index contributed by atoms with van der Waals surface area (Å²) < 4.78 is 10.3. The van der Waals surface area contributed by atoms with Gasteiger partial charge < -0.3 is 9.47 Å². The number of aromatic nitrogens is 2. The molecule has 0 fully saturated rings. The summed E-state index contributed by atoms with van der Waals surface area (Å²) >= 11 is 3.19. The van der Waals surface area contributed by atoms with E-state index < -0.39 is 0 Å². The third-order valence-corrected chi connectivity index (χ3v) is 4.29. The molecule has 0 amide bonds. The van der Waals surface area contributed by atoms with E-state index in [0.717, 1.165) is 19.8 Å². The highest BCUT2D eigenvalue weighted by Crippen LogP contribution is 2.30. The fourth-order valence-electron chi connectivity index (χ4n) is 1.35. The molecule has 2 aromatic heterocycles. The van der Waals surface area contributed by atoms with Gasteiger partial charge in [0.15, 0.2) is 10.0 Å². The minimum Gasteiger partial charge on any atom is -0.501 e. The highest BCUT2D eigenvalue weighted by molar-refractivity contribution is 7.22. The molecule has 0 atom stereocenters. The number of nitrogens with zero attached hydrogens (tertiary/aromatic N) is 2. The molecule has 20 heavy (non-hydrogen) atoms. The van der Waals surface area contributed by atoms with Gasteiger partial charge in [-0.15, -0.1) is 22.7 Å². The fraction of sp³-hybridized carbons (Fsp3) is 0.286. The van der Waals surface area contributed by atoms with Gasteiger partial charge in [-0.3, -0.25) is 0 Å². The molecule has 2 aromatic rings. The summed E-state index contributed by atoms with van der Waals surface area (Å²) in [6.07, 6.45) is 10.9. The predicted molar refractivity (Wildman–Crippen MR) is 84.5 cm³/mol. The summed E-state index contributed by atoms with van der Waals surface area (Å²) in [5.41, 5.74) is 0.